The monoisotopic (exact) mass is 565 g/mol. The smallest absolute Gasteiger partial charge is 0.234 e. The molecule has 0 amide bonds. The molecule has 0 saturated carbocycles. The van der Waals surface area contributed by atoms with E-state index in [1.165, 1.54) is 27.7 Å². The van der Waals surface area contributed by atoms with E-state index >= 15 is 0 Å². The first kappa shape index (κ1) is 24.8. The average Bonchev–Trinajstić information content (AvgIpc) is 3.62. The minimum Gasteiger partial charge on any atom is -0.310 e. The number of fused-ring (bicyclic) bond motifs is 7. The Morgan fingerprint density at radius 3 is 1.84 bits per heavy atom. The lowest BCUT2D eigenvalue weighted by Crippen LogP contribution is -2.26. The molecular weight excluding hydrogens is 538 g/mol. The van der Waals surface area contributed by atoms with Crippen LogP contribution < -0.4 is 4.90 Å². The standard InChI is InChI=1S/C39H27N5/c1-4-14-26(15-5-1)37-40-38(27-16-6-2-7-17-27)42-39(41-37)44-32-22-12-10-20-29(32)30-24-25-34-35(36(30)44)31-21-11-13-23-33(31)43(34)28-18-8-3-9-19-28/h1-25,30,36H. The maximum atomic E-state index is 5.19. The largest absolute Gasteiger partial charge is 0.310 e. The second-order valence-corrected chi connectivity index (χ2v) is 11.3. The summed E-state index contributed by atoms with van der Waals surface area (Å²) in [5, 5.41) is 1.24. The molecule has 2 aromatic heterocycles. The molecule has 1 aliphatic carbocycles. The quantitative estimate of drug-likeness (QED) is 0.213. The first-order valence-electron chi connectivity index (χ1n) is 15.0. The molecular formula is C39H27N5. The Kier molecular flexibility index (Phi) is 5.56. The lowest BCUT2D eigenvalue weighted by Gasteiger charge is -2.31. The minimum absolute atomic E-state index is 0.0306. The van der Waals surface area contributed by atoms with Crippen molar-refractivity contribution in [3.8, 4) is 28.5 Å². The molecule has 0 fully saturated rings. The highest BCUT2D eigenvalue weighted by Gasteiger charge is 2.45. The summed E-state index contributed by atoms with van der Waals surface area (Å²) >= 11 is 0. The summed E-state index contributed by atoms with van der Waals surface area (Å²) in [5.74, 6) is 2.11. The van der Waals surface area contributed by atoms with Crippen LogP contribution in [0.2, 0.25) is 0 Å². The second kappa shape index (κ2) is 9.89. The molecule has 5 nitrogen and oxygen atoms in total. The molecule has 2 aliphatic rings. The molecule has 9 rings (SSSR count). The number of para-hydroxylation sites is 3. The van der Waals surface area contributed by atoms with Crippen LogP contribution in [0.25, 0.3) is 45.4 Å². The molecule has 5 heteroatoms. The highest BCUT2D eigenvalue weighted by atomic mass is 15.3. The van der Waals surface area contributed by atoms with Gasteiger partial charge in [0.2, 0.25) is 5.95 Å². The third kappa shape index (κ3) is 3.76. The Bertz CT molecular complexity index is 2130. The normalized spacial score (nSPS) is 16.5. The van der Waals surface area contributed by atoms with Gasteiger partial charge >= 0.3 is 0 Å². The molecule has 0 spiro atoms. The van der Waals surface area contributed by atoms with Crippen molar-refractivity contribution in [2.75, 3.05) is 4.90 Å². The van der Waals surface area contributed by atoms with Gasteiger partial charge in [0.15, 0.2) is 11.6 Å². The topological polar surface area (TPSA) is 46.8 Å². The summed E-state index contributed by atoms with van der Waals surface area (Å²) < 4.78 is 2.39. The molecule has 3 heterocycles. The molecule has 0 N–H and O–H groups in total. The Labute approximate surface area is 255 Å². The maximum Gasteiger partial charge on any atom is 0.234 e. The molecule has 0 radical (unpaired) electrons. The second-order valence-electron chi connectivity index (χ2n) is 11.3. The van der Waals surface area contributed by atoms with Crippen LogP contribution in [0.1, 0.15) is 28.8 Å². The van der Waals surface area contributed by atoms with Gasteiger partial charge in [0.25, 0.3) is 0 Å². The molecule has 2 atom stereocenters. The van der Waals surface area contributed by atoms with Crippen LogP contribution in [-0.2, 0) is 0 Å². The molecule has 208 valence electrons. The number of nitrogens with zero attached hydrogens (tertiary/aromatic N) is 5. The number of benzene rings is 5. The lowest BCUT2D eigenvalue weighted by molar-refractivity contribution is 0.657. The summed E-state index contributed by atoms with van der Waals surface area (Å²) in [5.41, 5.74) is 9.14. The van der Waals surface area contributed by atoms with Crippen LogP contribution in [0.3, 0.4) is 0 Å². The van der Waals surface area contributed by atoms with Crippen molar-refractivity contribution in [1.82, 2.24) is 19.5 Å². The molecule has 0 saturated heterocycles. The van der Waals surface area contributed by atoms with Gasteiger partial charge in [-0.1, -0.05) is 121 Å². The fraction of sp³-hybridized carbons (Fsp3) is 0.0513. The van der Waals surface area contributed by atoms with E-state index in [-0.39, 0.29) is 12.0 Å². The first-order valence-corrected chi connectivity index (χ1v) is 15.0. The van der Waals surface area contributed by atoms with Gasteiger partial charge in [0.05, 0.1) is 17.3 Å². The summed E-state index contributed by atoms with van der Waals surface area (Å²) in [7, 11) is 0. The Morgan fingerprint density at radius 1 is 0.545 bits per heavy atom. The van der Waals surface area contributed by atoms with Crippen molar-refractivity contribution in [3.63, 3.8) is 0 Å². The fourth-order valence-electron chi connectivity index (χ4n) is 6.93. The number of aromatic nitrogens is 4. The van der Waals surface area contributed by atoms with Crippen LogP contribution in [0.5, 0.6) is 0 Å². The SMILES string of the molecule is C1=CC2c3ccccc3N(c3nc(-c4ccccc4)nc(-c4ccccc4)n3)C2c2c1n(-c1ccccc1)c1ccccc21. The van der Waals surface area contributed by atoms with Gasteiger partial charge in [-0.3, -0.25) is 0 Å². The summed E-state index contributed by atoms with van der Waals surface area (Å²) in [6.45, 7) is 0. The van der Waals surface area contributed by atoms with Gasteiger partial charge in [-0.15, -0.1) is 0 Å². The van der Waals surface area contributed by atoms with Crippen molar-refractivity contribution in [2.24, 2.45) is 0 Å². The van der Waals surface area contributed by atoms with E-state index in [0.29, 0.717) is 17.6 Å². The van der Waals surface area contributed by atoms with E-state index < -0.39 is 0 Å². The zero-order valence-electron chi connectivity index (χ0n) is 23.8. The van der Waals surface area contributed by atoms with Crippen LogP contribution in [-0.4, -0.2) is 19.5 Å². The van der Waals surface area contributed by atoms with Crippen molar-refractivity contribution >= 4 is 28.6 Å². The molecule has 44 heavy (non-hydrogen) atoms. The number of anilines is 2. The number of rotatable bonds is 4. The lowest BCUT2D eigenvalue weighted by atomic mass is 9.84. The van der Waals surface area contributed by atoms with Gasteiger partial charge in [-0.05, 0) is 35.9 Å². The zero-order chi connectivity index (χ0) is 29.0. The van der Waals surface area contributed by atoms with Crippen molar-refractivity contribution in [3.05, 3.63) is 162 Å². The van der Waals surface area contributed by atoms with Gasteiger partial charge in [0.1, 0.15) is 0 Å². The Hall–Kier alpha value is -5.81. The van der Waals surface area contributed by atoms with Crippen LogP contribution in [0.4, 0.5) is 11.6 Å². The first-order chi connectivity index (χ1) is 21.8. The number of hydrogen-bond donors (Lipinski definition) is 0. The molecule has 0 bridgehead atoms. The number of hydrogen-bond acceptors (Lipinski definition) is 4. The summed E-state index contributed by atoms with van der Waals surface area (Å²) in [4.78, 5) is 17.7. The van der Waals surface area contributed by atoms with Gasteiger partial charge in [-0.25, -0.2) is 4.98 Å². The molecule has 2 unspecified atom stereocenters. The van der Waals surface area contributed by atoms with E-state index in [1.54, 1.807) is 0 Å². The van der Waals surface area contributed by atoms with Crippen molar-refractivity contribution < 1.29 is 0 Å². The third-order valence-electron chi connectivity index (χ3n) is 8.80. The van der Waals surface area contributed by atoms with Crippen molar-refractivity contribution in [1.29, 1.82) is 0 Å². The van der Waals surface area contributed by atoms with Gasteiger partial charge < -0.3 is 9.47 Å². The zero-order valence-corrected chi connectivity index (χ0v) is 23.8. The van der Waals surface area contributed by atoms with E-state index in [1.807, 2.05) is 36.4 Å². The van der Waals surface area contributed by atoms with E-state index in [2.05, 4.69) is 125 Å². The third-order valence-corrected chi connectivity index (χ3v) is 8.80. The fourth-order valence-corrected chi connectivity index (χ4v) is 6.93. The van der Waals surface area contributed by atoms with Crippen LogP contribution in [0, 0.1) is 0 Å². The Morgan fingerprint density at radius 2 is 1.14 bits per heavy atom. The average molecular weight is 566 g/mol. The van der Waals surface area contributed by atoms with Crippen molar-refractivity contribution in [2.45, 2.75) is 12.0 Å². The predicted molar refractivity (Wildman–Crippen MR) is 177 cm³/mol. The summed E-state index contributed by atoms with van der Waals surface area (Å²) in [6, 6.07) is 48.4. The molecule has 5 aromatic carbocycles. The maximum absolute atomic E-state index is 5.19. The molecule has 1 aliphatic heterocycles. The molecule has 7 aromatic rings. The van der Waals surface area contributed by atoms with Crippen LogP contribution in [0.15, 0.2) is 146 Å². The van der Waals surface area contributed by atoms with Gasteiger partial charge in [-0.2, -0.15) is 9.97 Å². The predicted octanol–water partition coefficient (Wildman–Crippen LogP) is 9.15. The van der Waals surface area contributed by atoms with Crippen LogP contribution >= 0.6 is 0 Å². The summed E-state index contributed by atoms with van der Waals surface area (Å²) in [6.07, 6.45) is 4.67. The highest BCUT2D eigenvalue weighted by Crippen LogP contribution is 2.57. The van der Waals surface area contributed by atoms with E-state index in [4.69, 9.17) is 15.0 Å². The highest BCUT2D eigenvalue weighted by molar-refractivity contribution is 5.94. The van der Waals surface area contributed by atoms with Gasteiger partial charge in [0, 0.05) is 39.4 Å². The van der Waals surface area contributed by atoms with E-state index in [0.717, 1.165) is 22.5 Å². The minimum atomic E-state index is -0.0306. The van der Waals surface area contributed by atoms with E-state index in [9.17, 15) is 0 Å². The Balaban J connectivity index is 1.32.